The highest BCUT2D eigenvalue weighted by atomic mass is 16.4. The van der Waals surface area contributed by atoms with Gasteiger partial charge in [0.25, 0.3) is 0 Å². The number of fused-ring (bicyclic) bond motifs is 7. The van der Waals surface area contributed by atoms with Crippen molar-refractivity contribution in [2.24, 2.45) is 56.7 Å². The largest absolute Gasteiger partial charge is 0.481 e. The van der Waals surface area contributed by atoms with Crippen molar-refractivity contribution in [3.05, 3.63) is 12.2 Å². The Labute approximate surface area is 253 Å². The Hall–Kier alpha value is -0.830. The lowest BCUT2D eigenvalue weighted by Crippen LogP contribution is -2.67. The fraction of sp³-hybridized carbons (Fsp3) is 0.921. The Balaban J connectivity index is 0.000000426. The van der Waals surface area contributed by atoms with Crippen LogP contribution in [0.2, 0.25) is 0 Å². The number of allylic oxidation sites excluding steroid dienone is 1. The molecule has 0 aromatic rings. The molecule has 3 nitrogen and oxygen atoms in total. The summed E-state index contributed by atoms with van der Waals surface area (Å²) in [6.07, 6.45) is 18.9. The summed E-state index contributed by atoms with van der Waals surface area (Å²) in [6, 6.07) is 0. The van der Waals surface area contributed by atoms with Gasteiger partial charge >= 0.3 is 5.97 Å². The molecular weight excluding hydrogens is 504 g/mol. The minimum absolute atomic E-state index is 0.0202. The molecule has 5 aliphatic rings. The van der Waals surface area contributed by atoms with Crippen LogP contribution in [0.3, 0.4) is 0 Å². The molecule has 0 bridgehead atoms. The van der Waals surface area contributed by atoms with Gasteiger partial charge in [-0.3, -0.25) is 4.79 Å². The molecular formula is C38H66O3. The zero-order chi connectivity index (χ0) is 30.4. The predicted octanol–water partition coefficient (Wildman–Crippen LogP) is 10.5. The van der Waals surface area contributed by atoms with Gasteiger partial charge in [0.1, 0.15) is 0 Å². The molecule has 10 atom stereocenters. The van der Waals surface area contributed by atoms with E-state index in [4.69, 9.17) is 0 Å². The minimum Gasteiger partial charge on any atom is -0.481 e. The van der Waals surface area contributed by atoms with E-state index in [1.165, 1.54) is 69.8 Å². The second-order valence-corrected chi connectivity index (χ2v) is 16.9. The Bertz CT molecular complexity index is 947. The number of aliphatic hydroxyl groups is 1. The number of hydrogen-bond donors (Lipinski definition) is 2. The highest BCUT2D eigenvalue weighted by Crippen LogP contribution is 2.77. The van der Waals surface area contributed by atoms with E-state index in [0.717, 1.165) is 38.5 Å². The van der Waals surface area contributed by atoms with E-state index in [-0.39, 0.29) is 33.7 Å². The summed E-state index contributed by atoms with van der Waals surface area (Å²) in [7, 11) is 0. The van der Waals surface area contributed by atoms with Crippen LogP contribution in [-0.2, 0) is 4.79 Å². The molecule has 0 radical (unpaired) electrons. The van der Waals surface area contributed by atoms with Crippen LogP contribution in [-0.4, -0.2) is 22.3 Å². The van der Waals surface area contributed by atoms with Gasteiger partial charge in [0, 0.05) is 0 Å². The Morgan fingerprint density at radius 3 is 1.95 bits per heavy atom. The van der Waals surface area contributed by atoms with Gasteiger partial charge in [-0.15, -0.1) is 0 Å². The van der Waals surface area contributed by atoms with Gasteiger partial charge in [-0.2, -0.15) is 0 Å². The second-order valence-electron chi connectivity index (χ2n) is 16.9. The third kappa shape index (κ3) is 5.08. The molecule has 0 heterocycles. The molecule has 0 unspecified atom stereocenters. The van der Waals surface area contributed by atoms with Crippen molar-refractivity contribution in [2.75, 3.05) is 0 Å². The third-order valence-electron chi connectivity index (χ3n) is 14.9. The quantitative estimate of drug-likeness (QED) is 0.236. The summed E-state index contributed by atoms with van der Waals surface area (Å²) in [6.45, 7) is 23.4. The normalized spacial score (nSPS) is 46.2. The van der Waals surface area contributed by atoms with Crippen molar-refractivity contribution in [1.82, 2.24) is 0 Å². The number of carboxylic acids is 1. The van der Waals surface area contributed by atoms with Crippen molar-refractivity contribution >= 4 is 5.97 Å². The molecule has 2 N–H and O–H groups in total. The van der Waals surface area contributed by atoms with Crippen LogP contribution in [0.25, 0.3) is 0 Å². The third-order valence-corrected chi connectivity index (χ3v) is 14.9. The molecule has 0 spiro atoms. The number of hydrogen-bond acceptors (Lipinski definition) is 2. The van der Waals surface area contributed by atoms with Gasteiger partial charge < -0.3 is 10.2 Å². The van der Waals surface area contributed by atoms with Crippen LogP contribution in [0.15, 0.2) is 12.2 Å². The van der Waals surface area contributed by atoms with Gasteiger partial charge in [0.05, 0.1) is 11.5 Å². The summed E-state index contributed by atoms with van der Waals surface area (Å²) < 4.78 is 0. The average Bonchev–Trinajstić information content (AvgIpc) is 3.32. The van der Waals surface area contributed by atoms with Crippen molar-refractivity contribution in [3.63, 3.8) is 0 Å². The first kappa shape index (κ1) is 33.1. The van der Waals surface area contributed by atoms with Gasteiger partial charge in [0.15, 0.2) is 0 Å². The molecule has 0 amide bonds. The second kappa shape index (κ2) is 11.9. The maximum atomic E-state index is 12.8. The lowest BCUT2D eigenvalue weighted by molar-refractivity contribution is -0.248. The van der Waals surface area contributed by atoms with Gasteiger partial charge in [0.2, 0.25) is 0 Å². The van der Waals surface area contributed by atoms with Crippen LogP contribution in [0.1, 0.15) is 158 Å². The maximum absolute atomic E-state index is 12.8. The Kier molecular flexibility index (Phi) is 9.62. The fourth-order valence-electron chi connectivity index (χ4n) is 12.4. The van der Waals surface area contributed by atoms with Crippen LogP contribution in [0, 0.1) is 56.7 Å². The molecule has 0 aliphatic heterocycles. The summed E-state index contributed by atoms with van der Waals surface area (Å²) in [5.41, 5.74) is 1.35. The van der Waals surface area contributed by atoms with Gasteiger partial charge in [-0.1, -0.05) is 99.1 Å². The molecule has 5 fully saturated rings. The van der Waals surface area contributed by atoms with Crippen molar-refractivity contribution < 1.29 is 15.0 Å². The number of carboxylic acid groups (broad SMARTS) is 1. The maximum Gasteiger partial charge on any atom is 0.309 e. The Morgan fingerprint density at radius 2 is 1.39 bits per heavy atom. The average molecular weight is 571 g/mol. The monoisotopic (exact) mass is 571 g/mol. The minimum atomic E-state index is -0.538. The zero-order valence-electron chi connectivity index (χ0n) is 28.3. The first-order chi connectivity index (χ1) is 19.2. The first-order valence-electron chi connectivity index (χ1n) is 17.7. The molecule has 5 saturated carbocycles. The Morgan fingerprint density at radius 1 is 0.756 bits per heavy atom. The van der Waals surface area contributed by atoms with E-state index >= 15 is 0 Å². The molecule has 41 heavy (non-hydrogen) atoms. The standard InChI is InChI=1S/C30H48O3.C8H18/c1-18(2)19-10-15-30(25(32)33)17-16-28(6)20(24(19)30)8-9-22-27(5)13-12-23(31)26(3,4)21(27)11-14-29(22,28)7;1-3-5-7-8-6-4-2/h19-24,31H,1,8-17H2,2-7H3,(H,32,33);3-8H2,1-2H3/t19-,20+,21-,22+,23-,24+,27-,28+,29+,30-;/m0./s1. The van der Waals surface area contributed by atoms with Crippen LogP contribution in [0.5, 0.6) is 0 Å². The predicted molar refractivity (Wildman–Crippen MR) is 172 cm³/mol. The van der Waals surface area contributed by atoms with Crippen molar-refractivity contribution in [2.45, 2.75) is 164 Å². The summed E-state index contributed by atoms with van der Waals surface area (Å²) in [4.78, 5) is 12.8. The molecule has 0 aromatic carbocycles. The zero-order valence-corrected chi connectivity index (χ0v) is 28.3. The number of carbonyl (C=O) groups is 1. The number of aliphatic hydroxyl groups excluding tert-OH is 1. The molecule has 0 saturated heterocycles. The highest BCUT2D eigenvalue weighted by molar-refractivity contribution is 5.76. The number of aliphatic carboxylic acids is 1. The SMILES string of the molecule is C=C(C)[C@@H]1CC[C@]2(C(=O)O)CC[C@]3(C)[C@H](CC[C@@H]4[C@@]5(C)CC[C@H](O)C(C)(C)[C@@H]5CC[C@]43C)[C@@H]12.CCCCCCCC. The van der Waals surface area contributed by atoms with E-state index < -0.39 is 11.4 Å². The number of rotatable bonds is 7. The summed E-state index contributed by atoms with van der Waals surface area (Å²) in [5.74, 6) is 1.79. The van der Waals surface area contributed by atoms with Crippen LogP contribution < -0.4 is 0 Å². The van der Waals surface area contributed by atoms with Gasteiger partial charge in [-0.25, -0.2) is 0 Å². The van der Waals surface area contributed by atoms with E-state index in [1.807, 2.05) is 0 Å². The molecule has 5 rings (SSSR count). The lowest BCUT2D eigenvalue weighted by Gasteiger charge is -2.72. The van der Waals surface area contributed by atoms with E-state index in [9.17, 15) is 15.0 Å². The van der Waals surface area contributed by atoms with E-state index in [2.05, 4.69) is 62.0 Å². The molecule has 3 heteroatoms. The number of unbranched alkanes of at least 4 members (excludes halogenated alkanes) is 5. The van der Waals surface area contributed by atoms with Crippen LogP contribution in [0.4, 0.5) is 0 Å². The molecule has 5 aliphatic carbocycles. The van der Waals surface area contributed by atoms with E-state index in [0.29, 0.717) is 23.7 Å². The molecule has 236 valence electrons. The first-order valence-corrected chi connectivity index (χ1v) is 17.7. The van der Waals surface area contributed by atoms with Gasteiger partial charge in [-0.05, 0) is 122 Å². The van der Waals surface area contributed by atoms with Crippen molar-refractivity contribution in [3.8, 4) is 0 Å². The fourth-order valence-corrected chi connectivity index (χ4v) is 12.4. The summed E-state index contributed by atoms with van der Waals surface area (Å²) >= 11 is 0. The van der Waals surface area contributed by atoms with Crippen LogP contribution >= 0.6 is 0 Å². The van der Waals surface area contributed by atoms with Crippen molar-refractivity contribution in [1.29, 1.82) is 0 Å². The smallest absolute Gasteiger partial charge is 0.309 e. The highest BCUT2D eigenvalue weighted by Gasteiger charge is 2.72. The summed E-state index contributed by atoms with van der Waals surface area (Å²) in [5, 5.41) is 21.4. The topological polar surface area (TPSA) is 57.5 Å². The van der Waals surface area contributed by atoms with E-state index in [1.54, 1.807) is 0 Å². The lowest BCUT2D eigenvalue weighted by atomic mass is 9.32. The molecule has 0 aromatic heterocycles.